The maximum absolute atomic E-state index is 14.2. The Bertz CT molecular complexity index is 1090. The zero-order chi connectivity index (χ0) is 21.4. The van der Waals surface area contributed by atoms with Crippen LogP contribution >= 0.6 is 0 Å². The molecule has 2 fully saturated rings. The van der Waals surface area contributed by atoms with Gasteiger partial charge in [-0.3, -0.25) is 14.7 Å². The van der Waals surface area contributed by atoms with Gasteiger partial charge in [-0.25, -0.2) is 4.39 Å². The SMILES string of the molecule is COC1(c2noc(C3N=CN4c5ccc(F)cc5N(C5(C)CCCO5)C(=O)C34)n2)CC1. The number of ether oxygens (including phenoxy) is 2. The maximum atomic E-state index is 14.2. The lowest BCUT2D eigenvalue weighted by Gasteiger charge is -2.45. The first-order valence-corrected chi connectivity index (χ1v) is 10.4. The maximum Gasteiger partial charge on any atom is 0.255 e. The Balaban J connectivity index is 1.42. The van der Waals surface area contributed by atoms with Crippen molar-refractivity contribution in [3.8, 4) is 0 Å². The van der Waals surface area contributed by atoms with Crippen molar-refractivity contribution in [2.24, 2.45) is 4.99 Å². The smallest absolute Gasteiger partial charge is 0.255 e. The highest BCUT2D eigenvalue weighted by Gasteiger charge is 2.54. The highest BCUT2D eigenvalue weighted by atomic mass is 19.1. The topological polar surface area (TPSA) is 93.3 Å². The molecule has 4 heterocycles. The predicted octanol–water partition coefficient (Wildman–Crippen LogP) is 2.68. The van der Waals surface area contributed by atoms with Gasteiger partial charge < -0.3 is 18.9 Å². The fraction of sp³-hybridized carbons (Fsp3) is 0.524. The van der Waals surface area contributed by atoms with Gasteiger partial charge in [-0.05, 0) is 50.8 Å². The largest absolute Gasteiger partial charge is 0.370 e. The molecule has 6 rings (SSSR count). The van der Waals surface area contributed by atoms with E-state index in [1.54, 1.807) is 29.3 Å². The molecule has 2 aromatic rings. The Morgan fingerprint density at radius 3 is 2.81 bits per heavy atom. The van der Waals surface area contributed by atoms with Crippen LogP contribution in [0.25, 0.3) is 0 Å². The van der Waals surface area contributed by atoms with Gasteiger partial charge in [0.05, 0.1) is 17.7 Å². The minimum atomic E-state index is -0.854. The van der Waals surface area contributed by atoms with Crippen LogP contribution in [0.1, 0.15) is 50.4 Å². The second-order valence-electron chi connectivity index (χ2n) is 8.65. The van der Waals surface area contributed by atoms with Crippen LogP contribution in [-0.2, 0) is 19.9 Å². The molecular formula is C21H22FN5O4. The standard InChI is InChI=1S/C21H22FN5O4/c1-20(6-3-9-30-20)27-14-10-12(22)4-5-13(14)26-11-23-15(16(26)18(27)28)17-24-19(25-31-17)21(29-2)7-8-21/h4-5,10-11,15-16H,3,6-9H2,1-2H3. The number of halogens is 1. The third-order valence-corrected chi connectivity index (χ3v) is 6.75. The molecule has 31 heavy (non-hydrogen) atoms. The Kier molecular flexibility index (Phi) is 3.86. The van der Waals surface area contributed by atoms with Crippen molar-refractivity contribution in [2.45, 2.75) is 56.0 Å². The van der Waals surface area contributed by atoms with E-state index in [-0.39, 0.29) is 11.8 Å². The summed E-state index contributed by atoms with van der Waals surface area (Å²) < 4.78 is 31.2. The Morgan fingerprint density at radius 1 is 1.26 bits per heavy atom. The second kappa shape index (κ2) is 6.33. The van der Waals surface area contributed by atoms with E-state index in [9.17, 15) is 9.18 Å². The molecule has 0 radical (unpaired) electrons. The van der Waals surface area contributed by atoms with E-state index in [1.807, 2.05) is 6.92 Å². The van der Waals surface area contributed by atoms with Crippen LogP contribution in [0.2, 0.25) is 0 Å². The molecule has 3 unspecified atom stereocenters. The summed E-state index contributed by atoms with van der Waals surface area (Å²) in [6.45, 7) is 2.42. The van der Waals surface area contributed by atoms with Gasteiger partial charge in [0.1, 0.15) is 23.2 Å². The minimum absolute atomic E-state index is 0.238. The molecule has 10 heteroatoms. The van der Waals surface area contributed by atoms with Gasteiger partial charge in [-0.1, -0.05) is 5.16 Å². The van der Waals surface area contributed by atoms with Gasteiger partial charge in [0.2, 0.25) is 5.82 Å². The van der Waals surface area contributed by atoms with Gasteiger partial charge in [0, 0.05) is 13.7 Å². The van der Waals surface area contributed by atoms with E-state index >= 15 is 0 Å². The molecule has 0 N–H and O–H groups in total. The summed E-state index contributed by atoms with van der Waals surface area (Å²) >= 11 is 0. The number of nitrogens with zero attached hydrogens (tertiary/aromatic N) is 5. The molecule has 0 bridgehead atoms. The third kappa shape index (κ3) is 2.61. The van der Waals surface area contributed by atoms with E-state index in [2.05, 4.69) is 15.1 Å². The Hall–Kier alpha value is -2.85. The van der Waals surface area contributed by atoms with E-state index in [1.165, 1.54) is 12.1 Å². The average Bonchev–Trinajstić information content (AvgIpc) is 3.12. The normalized spacial score (nSPS) is 30.6. The molecule has 162 valence electrons. The van der Waals surface area contributed by atoms with Gasteiger partial charge >= 0.3 is 0 Å². The van der Waals surface area contributed by atoms with E-state index in [0.29, 0.717) is 30.2 Å². The monoisotopic (exact) mass is 427 g/mol. The minimum Gasteiger partial charge on any atom is -0.370 e. The predicted molar refractivity (Wildman–Crippen MR) is 107 cm³/mol. The lowest BCUT2D eigenvalue weighted by atomic mass is 9.97. The van der Waals surface area contributed by atoms with E-state index in [4.69, 9.17) is 14.0 Å². The van der Waals surface area contributed by atoms with Crippen LogP contribution in [0.5, 0.6) is 0 Å². The molecule has 3 aliphatic heterocycles. The van der Waals surface area contributed by atoms with Crippen LogP contribution in [0, 0.1) is 5.82 Å². The van der Waals surface area contributed by atoms with Crippen LogP contribution in [0.15, 0.2) is 27.7 Å². The first-order chi connectivity index (χ1) is 15.0. The average molecular weight is 427 g/mol. The number of rotatable bonds is 4. The number of anilines is 2. The van der Waals surface area contributed by atoms with Crippen molar-refractivity contribution >= 4 is 23.6 Å². The molecule has 4 aliphatic rings. The summed E-state index contributed by atoms with van der Waals surface area (Å²) in [6, 6.07) is 3.02. The number of amides is 1. The number of aliphatic imine (C=N–C) groups is 1. The summed E-state index contributed by atoms with van der Waals surface area (Å²) in [5.74, 6) is 0.0866. The number of methoxy groups -OCH3 is 1. The Labute approximate surface area is 177 Å². The van der Waals surface area contributed by atoms with Crippen LogP contribution in [-0.4, -0.2) is 47.9 Å². The molecule has 0 spiro atoms. The number of hydrogen-bond donors (Lipinski definition) is 0. The summed E-state index contributed by atoms with van der Waals surface area (Å²) in [5.41, 5.74) is -0.196. The summed E-state index contributed by atoms with van der Waals surface area (Å²) in [7, 11) is 1.62. The van der Waals surface area contributed by atoms with Gasteiger partial charge in [-0.2, -0.15) is 4.98 Å². The highest BCUT2D eigenvalue weighted by Crippen LogP contribution is 2.49. The van der Waals surface area contributed by atoms with Crippen LogP contribution in [0.3, 0.4) is 0 Å². The molecule has 9 nitrogen and oxygen atoms in total. The number of benzene rings is 1. The van der Waals surface area contributed by atoms with Gasteiger partial charge in [0.25, 0.3) is 11.8 Å². The number of carbonyl (C=O) groups is 1. The third-order valence-electron chi connectivity index (χ3n) is 6.75. The number of fused-ring (bicyclic) bond motifs is 3. The first kappa shape index (κ1) is 18.9. The quantitative estimate of drug-likeness (QED) is 0.741. The summed E-state index contributed by atoms with van der Waals surface area (Å²) in [5, 5.41) is 4.09. The van der Waals surface area contributed by atoms with Gasteiger partial charge in [-0.15, -0.1) is 0 Å². The van der Waals surface area contributed by atoms with Crippen LogP contribution < -0.4 is 9.80 Å². The van der Waals surface area contributed by atoms with E-state index < -0.39 is 29.2 Å². The highest BCUT2D eigenvalue weighted by molar-refractivity contribution is 6.12. The molecule has 1 aromatic carbocycles. The first-order valence-electron chi connectivity index (χ1n) is 10.4. The molecular weight excluding hydrogens is 405 g/mol. The fourth-order valence-corrected chi connectivity index (χ4v) is 4.86. The molecule has 1 saturated carbocycles. The van der Waals surface area contributed by atoms with E-state index in [0.717, 1.165) is 19.3 Å². The van der Waals surface area contributed by atoms with Crippen molar-refractivity contribution in [1.82, 2.24) is 10.1 Å². The Morgan fingerprint density at radius 2 is 2.10 bits per heavy atom. The molecule has 1 aliphatic carbocycles. The number of carbonyl (C=O) groups excluding carboxylic acids is 1. The number of aromatic nitrogens is 2. The fourth-order valence-electron chi connectivity index (χ4n) is 4.86. The van der Waals surface area contributed by atoms with Gasteiger partial charge in [0.15, 0.2) is 6.04 Å². The van der Waals surface area contributed by atoms with Crippen molar-refractivity contribution in [1.29, 1.82) is 0 Å². The second-order valence-corrected chi connectivity index (χ2v) is 8.65. The molecule has 3 atom stereocenters. The number of hydrogen-bond acceptors (Lipinski definition) is 8. The van der Waals surface area contributed by atoms with Crippen LogP contribution in [0.4, 0.5) is 15.8 Å². The lowest BCUT2D eigenvalue weighted by Crippen LogP contribution is -2.60. The van der Waals surface area contributed by atoms with Crippen molar-refractivity contribution in [3.05, 3.63) is 35.7 Å². The van der Waals surface area contributed by atoms with Crippen molar-refractivity contribution in [3.63, 3.8) is 0 Å². The lowest BCUT2D eigenvalue weighted by molar-refractivity contribution is -0.125. The zero-order valence-corrected chi connectivity index (χ0v) is 17.2. The summed E-state index contributed by atoms with van der Waals surface area (Å²) in [4.78, 5) is 26.2. The van der Waals surface area contributed by atoms with Crippen molar-refractivity contribution in [2.75, 3.05) is 23.5 Å². The molecule has 1 amide bonds. The zero-order valence-electron chi connectivity index (χ0n) is 17.2. The molecule has 1 aromatic heterocycles. The molecule has 1 saturated heterocycles. The summed E-state index contributed by atoms with van der Waals surface area (Å²) in [6.07, 6.45) is 4.73. The van der Waals surface area contributed by atoms with Crippen molar-refractivity contribution < 1.29 is 23.2 Å².